The number of hydrogen-bond acceptors (Lipinski definition) is 8. The molecule has 0 spiro atoms. The number of guanidine groups is 1. The third kappa shape index (κ3) is 15.9. The van der Waals surface area contributed by atoms with Crippen molar-refractivity contribution in [2.75, 3.05) is 20.1 Å². The number of urea groups is 1. The minimum atomic E-state index is -1.32. The molecule has 1 saturated heterocycles. The Labute approximate surface area is 345 Å². The number of nitrogens with two attached hydrogens (primary N) is 2. The van der Waals surface area contributed by atoms with Crippen LogP contribution in [0, 0.1) is 5.92 Å². The largest absolute Gasteiger partial charge is 0.480 e. The van der Waals surface area contributed by atoms with E-state index in [4.69, 9.17) is 11.5 Å². The average Bonchev–Trinajstić information content (AvgIpc) is 3.20. The van der Waals surface area contributed by atoms with Crippen molar-refractivity contribution in [1.82, 2.24) is 36.8 Å². The molecular formula is C41H60N10O8. The maximum atomic E-state index is 14.2. The lowest BCUT2D eigenvalue weighted by atomic mass is 9.99. The zero-order valence-electron chi connectivity index (χ0n) is 34.2. The summed E-state index contributed by atoms with van der Waals surface area (Å²) in [6.07, 6.45) is 1.69. The van der Waals surface area contributed by atoms with Gasteiger partial charge < -0.3 is 53.4 Å². The Hall–Kier alpha value is -6.20. The Morgan fingerprint density at radius 3 is 2.10 bits per heavy atom. The average molecular weight is 821 g/mol. The molecule has 7 amide bonds. The maximum Gasteiger partial charge on any atom is 0.326 e. The number of carboxylic acid groups (broad SMARTS) is 1. The molecule has 3 rings (SSSR count). The first kappa shape index (κ1) is 47.2. The van der Waals surface area contributed by atoms with Gasteiger partial charge in [-0.2, -0.15) is 0 Å². The smallest absolute Gasteiger partial charge is 0.326 e. The SMILES string of the molecule is CC(C)C1NC(=O)C(NC(=O)NC(CCCN=C(N)N)C(=O)O)CCCCNC(=O)C(Cc2ccccc2)NC(=O)C(C)N(C)C(=O)C(CCc2ccccc2)NC1=O. The Balaban J connectivity index is 1.94. The summed E-state index contributed by atoms with van der Waals surface area (Å²) in [4.78, 5) is 99.5. The van der Waals surface area contributed by atoms with Crippen molar-refractivity contribution < 1.29 is 38.7 Å². The van der Waals surface area contributed by atoms with Crippen molar-refractivity contribution in [3.05, 3.63) is 71.8 Å². The van der Waals surface area contributed by atoms with Gasteiger partial charge in [0.1, 0.15) is 36.3 Å². The van der Waals surface area contributed by atoms with E-state index < -0.39 is 83.7 Å². The number of aliphatic carboxylic acids is 1. The third-order valence-corrected chi connectivity index (χ3v) is 10.0. The molecule has 1 fully saturated rings. The van der Waals surface area contributed by atoms with E-state index in [2.05, 4.69) is 36.9 Å². The minimum Gasteiger partial charge on any atom is -0.480 e. The van der Waals surface area contributed by atoms with E-state index in [9.17, 15) is 38.7 Å². The number of nitrogens with one attached hydrogen (secondary N) is 6. The zero-order valence-corrected chi connectivity index (χ0v) is 34.2. The molecule has 0 aliphatic carbocycles. The number of carbonyl (C=O) groups is 7. The van der Waals surface area contributed by atoms with E-state index in [0.29, 0.717) is 19.3 Å². The molecule has 18 heteroatoms. The monoisotopic (exact) mass is 820 g/mol. The van der Waals surface area contributed by atoms with Crippen molar-refractivity contribution in [1.29, 1.82) is 0 Å². The first-order valence-electron chi connectivity index (χ1n) is 20.0. The molecule has 2 aromatic rings. The Morgan fingerprint density at radius 2 is 1.49 bits per heavy atom. The van der Waals surface area contributed by atoms with Crippen LogP contribution in [0.25, 0.3) is 0 Å². The highest BCUT2D eigenvalue weighted by Crippen LogP contribution is 2.13. The van der Waals surface area contributed by atoms with Gasteiger partial charge >= 0.3 is 12.0 Å². The number of benzene rings is 2. The number of carboxylic acids is 1. The van der Waals surface area contributed by atoms with Crippen molar-refractivity contribution in [3.63, 3.8) is 0 Å². The summed E-state index contributed by atoms with van der Waals surface area (Å²) in [6.45, 7) is 5.26. The molecule has 18 nitrogen and oxygen atoms in total. The lowest BCUT2D eigenvalue weighted by Gasteiger charge is -2.31. The number of rotatable bonds is 13. The molecule has 6 unspecified atom stereocenters. The van der Waals surface area contributed by atoms with Crippen molar-refractivity contribution in [3.8, 4) is 0 Å². The number of hydrogen-bond donors (Lipinski definition) is 9. The molecular weight excluding hydrogens is 761 g/mol. The second-order valence-corrected chi connectivity index (χ2v) is 15.0. The summed E-state index contributed by atoms with van der Waals surface area (Å²) in [5, 5.41) is 25.9. The predicted octanol–water partition coefficient (Wildman–Crippen LogP) is 0.294. The molecule has 322 valence electrons. The molecule has 1 aliphatic heterocycles. The van der Waals surface area contributed by atoms with E-state index in [1.54, 1.807) is 13.8 Å². The van der Waals surface area contributed by atoms with Gasteiger partial charge in [-0.25, -0.2) is 9.59 Å². The normalized spacial score (nSPS) is 21.9. The van der Waals surface area contributed by atoms with Gasteiger partial charge in [0, 0.05) is 26.6 Å². The van der Waals surface area contributed by atoms with E-state index in [0.717, 1.165) is 11.1 Å². The molecule has 11 N–H and O–H groups in total. The molecule has 59 heavy (non-hydrogen) atoms. The van der Waals surface area contributed by atoms with Gasteiger partial charge in [-0.3, -0.25) is 29.0 Å². The summed E-state index contributed by atoms with van der Waals surface area (Å²) >= 11 is 0. The van der Waals surface area contributed by atoms with Crippen LogP contribution in [0.5, 0.6) is 0 Å². The summed E-state index contributed by atoms with van der Waals surface area (Å²) in [7, 11) is 1.45. The van der Waals surface area contributed by atoms with E-state index in [-0.39, 0.29) is 51.2 Å². The first-order valence-corrected chi connectivity index (χ1v) is 20.0. The van der Waals surface area contributed by atoms with Gasteiger partial charge in [0.2, 0.25) is 29.5 Å². The highest BCUT2D eigenvalue weighted by Gasteiger charge is 2.35. The summed E-state index contributed by atoms with van der Waals surface area (Å²) in [5.74, 6) is -4.90. The first-order chi connectivity index (χ1) is 28.1. The molecule has 1 heterocycles. The van der Waals surface area contributed by atoms with Gasteiger partial charge in [-0.15, -0.1) is 0 Å². The predicted molar refractivity (Wildman–Crippen MR) is 221 cm³/mol. The fraction of sp³-hybridized carbons (Fsp3) is 0.512. The molecule has 2 aromatic carbocycles. The van der Waals surface area contributed by atoms with Gasteiger partial charge in [-0.1, -0.05) is 74.5 Å². The summed E-state index contributed by atoms with van der Waals surface area (Å²) < 4.78 is 0. The van der Waals surface area contributed by atoms with Crippen LogP contribution in [-0.2, 0) is 41.6 Å². The van der Waals surface area contributed by atoms with Crippen molar-refractivity contribution in [2.45, 2.75) is 108 Å². The number of amides is 7. The summed E-state index contributed by atoms with van der Waals surface area (Å²) in [5.41, 5.74) is 12.4. The molecule has 1 aliphatic rings. The van der Waals surface area contributed by atoms with Crippen LogP contribution in [0.15, 0.2) is 65.7 Å². The summed E-state index contributed by atoms with van der Waals surface area (Å²) in [6, 6.07) is 10.7. The standard InChI is InChI=1S/C41H60N10O8/c1-25(2)33-37(55)46-30(21-20-27-14-7-5-8-15-27)38(56)51(4)26(3)34(52)47-32(24-28-16-9-6-10-17-28)35(53)44-22-12-11-18-29(36(54)50-33)48-41(59)49-31(39(57)58)19-13-23-45-40(42)43/h5-10,14-17,25-26,29-33H,11-13,18-24H2,1-4H3,(H,44,53)(H,46,55)(H,47,52)(H,50,54)(H,57,58)(H4,42,43,45)(H2,48,49,59). The van der Waals surface area contributed by atoms with Crippen LogP contribution in [0.4, 0.5) is 4.79 Å². The number of aliphatic imine (C=N–C) groups is 1. The van der Waals surface area contributed by atoms with Crippen LogP contribution in [0.1, 0.15) is 70.4 Å². The second kappa shape index (κ2) is 23.9. The van der Waals surface area contributed by atoms with Crippen LogP contribution < -0.4 is 43.4 Å². The van der Waals surface area contributed by atoms with Crippen LogP contribution in [0.2, 0.25) is 0 Å². The van der Waals surface area contributed by atoms with Crippen LogP contribution >= 0.6 is 0 Å². The number of carbonyl (C=O) groups excluding carboxylic acids is 6. The van der Waals surface area contributed by atoms with Gasteiger partial charge in [0.25, 0.3) is 0 Å². The van der Waals surface area contributed by atoms with Crippen molar-refractivity contribution in [2.24, 2.45) is 22.4 Å². The Bertz CT molecular complexity index is 1760. The molecule has 0 aromatic heterocycles. The minimum absolute atomic E-state index is 0.00443. The highest BCUT2D eigenvalue weighted by molar-refractivity contribution is 5.96. The second-order valence-electron chi connectivity index (χ2n) is 15.0. The molecule has 0 radical (unpaired) electrons. The maximum absolute atomic E-state index is 14.2. The van der Waals surface area contributed by atoms with E-state index in [1.807, 2.05) is 60.7 Å². The van der Waals surface area contributed by atoms with Crippen LogP contribution in [0.3, 0.4) is 0 Å². The molecule has 0 bridgehead atoms. The molecule has 0 saturated carbocycles. The quantitative estimate of drug-likeness (QED) is 0.0757. The fourth-order valence-corrected chi connectivity index (χ4v) is 6.42. The lowest BCUT2D eigenvalue weighted by molar-refractivity contribution is -0.142. The fourth-order valence-electron chi connectivity index (χ4n) is 6.42. The number of aryl methyl sites for hydroxylation is 1. The van der Waals surface area contributed by atoms with Crippen LogP contribution in [-0.4, -0.2) is 114 Å². The van der Waals surface area contributed by atoms with E-state index in [1.165, 1.54) is 18.9 Å². The van der Waals surface area contributed by atoms with Gasteiger partial charge in [-0.05, 0) is 68.9 Å². The molecule has 6 atom stereocenters. The number of likely N-dealkylation sites (N-methyl/N-ethyl adjacent to an activating group) is 1. The highest BCUT2D eigenvalue weighted by atomic mass is 16.4. The Kier molecular flexibility index (Phi) is 19.1. The lowest BCUT2D eigenvalue weighted by Crippen LogP contribution is -2.60. The van der Waals surface area contributed by atoms with E-state index >= 15 is 0 Å². The number of nitrogens with zero attached hydrogens (tertiary/aromatic N) is 2. The Morgan fingerprint density at radius 1 is 0.864 bits per heavy atom. The van der Waals surface area contributed by atoms with Crippen molar-refractivity contribution >= 4 is 47.5 Å². The van der Waals surface area contributed by atoms with Gasteiger partial charge in [0.15, 0.2) is 5.96 Å². The topological polar surface area (TPSA) is 280 Å². The third-order valence-electron chi connectivity index (χ3n) is 10.0. The van der Waals surface area contributed by atoms with Gasteiger partial charge in [0.05, 0.1) is 0 Å². The zero-order chi connectivity index (χ0) is 43.5.